The summed E-state index contributed by atoms with van der Waals surface area (Å²) in [6, 6.07) is 0. The highest BCUT2D eigenvalue weighted by molar-refractivity contribution is 5.55. The zero-order chi connectivity index (χ0) is 13.1. The fourth-order valence-electron chi connectivity index (χ4n) is 1.68. The summed E-state index contributed by atoms with van der Waals surface area (Å²) in [5.74, 6) is 0.281. The molecule has 0 aliphatic heterocycles. The summed E-state index contributed by atoms with van der Waals surface area (Å²) in [4.78, 5) is 8.29. The lowest BCUT2D eigenvalue weighted by Crippen LogP contribution is -2.03. The lowest BCUT2D eigenvalue weighted by molar-refractivity contribution is 0.602. The molecule has 5 nitrogen and oxygen atoms in total. The first-order chi connectivity index (χ1) is 8.65. The smallest absolute Gasteiger partial charge is 0.186 e. The number of rotatable bonds is 4. The fourth-order valence-corrected chi connectivity index (χ4v) is 1.68. The minimum atomic E-state index is -0.415. The highest BCUT2D eigenvalue weighted by Crippen LogP contribution is 2.20. The first-order valence-electron chi connectivity index (χ1n) is 5.90. The average Bonchev–Trinajstić information content (AvgIpc) is 2.81. The third kappa shape index (κ3) is 2.32. The van der Waals surface area contributed by atoms with E-state index in [-0.39, 0.29) is 5.82 Å². The van der Waals surface area contributed by atoms with Crippen molar-refractivity contribution in [2.24, 2.45) is 0 Å². The van der Waals surface area contributed by atoms with Crippen LogP contribution in [0.1, 0.15) is 19.0 Å². The second-order valence-electron chi connectivity index (χ2n) is 4.04. The molecule has 0 aromatic carbocycles. The quantitative estimate of drug-likeness (QED) is 0.902. The second kappa shape index (κ2) is 5.12. The van der Waals surface area contributed by atoms with Gasteiger partial charge < -0.3 is 5.32 Å². The van der Waals surface area contributed by atoms with Gasteiger partial charge in [0, 0.05) is 19.8 Å². The first kappa shape index (κ1) is 12.5. The van der Waals surface area contributed by atoms with Crippen LogP contribution in [0.15, 0.2) is 12.4 Å². The Morgan fingerprint density at radius 1 is 1.39 bits per heavy atom. The summed E-state index contributed by atoms with van der Waals surface area (Å²) in [7, 11) is 1.63. The summed E-state index contributed by atoms with van der Waals surface area (Å²) < 4.78 is 15.4. The predicted molar refractivity (Wildman–Crippen MR) is 67.8 cm³/mol. The van der Waals surface area contributed by atoms with Gasteiger partial charge in [0.1, 0.15) is 0 Å². The Kier molecular flexibility index (Phi) is 3.55. The Morgan fingerprint density at radius 2 is 2.17 bits per heavy atom. The number of hydrogen-bond donors (Lipinski definition) is 1. The largest absolute Gasteiger partial charge is 0.371 e. The van der Waals surface area contributed by atoms with E-state index in [0.29, 0.717) is 11.5 Å². The molecule has 0 saturated heterocycles. The van der Waals surface area contributed by atoms with E-state index >= 15 is 0 Å². The van der Waals surface area contributed by atoms with Crippen LogP contribution in [0.2, 0.25) is 0 Å². The van der Waals surface area contributed by atoms with Gasteiger partial charge in [-0.3, -0.25) is 4.68 Å². The van der Waals surface area contributed by atoms with Crippen LogP contribution in [0, 0.1) is 12.7 Å². The van der Waals surface area contributed by atoms with Crippen molar-refractivity contribution in [3.05, 3.63) is 23.9 Å². The van der Waals surface area contributed by atoms with Crippen LogP contribution in [0.4, 0.5) is 10.2 Å². The van der Waals surface area contributed by atoms with Crippen molar-refractivity contribution < 1.29 is 4.39 Å². The van der Waals surface area contributed by atoms with E-state index < -0.39 is 5.82 Å². The Hall–Kier alpha value is -1.98. The van der Waals surface area contributed by atoms with Gasteiger partial charge >= 0.3 is 0 Å². The van der Waals surface area contributed by atoms with Gasteiger partial charge in [-0.15, -0.1) is 0 Å². The van der Waals surface area contributed by atoms with Gasteiger partial charge in [-0.05, 0) is 13.3 Å². The monoisotopic (exact) mass is 249 g/mol. The zero-order valence-corrected chi connectivity index (χ0v) is 10.7. The Labute approximate surface area is 105 Å². The molecule has 0 bridgehead atoms. The number of nitrogens with zero attached hydrogens (tertiary/aromatic N) is 4. The van der Waals surface area contributed by atoms with Gasteiger partial charge in [0.05, 0.1) is 17.5 Å². The maximum atomic E-state index is 13.6. The van der Waals surface area contributed by atoms with Crippen molar-refractivity contribution >= 4 is 5.82 Å². The predicted octanol–water partition coefficient (Wildman–Crippen LogP) is 2.24. The maximum Gasteiger partial charge on any atom is 0.186 e. The minimum absolute atomic E-state index is 0.209. The van der Waals surface area contributed by atoms with Crippen molar-refractivity contribution in [3.63, 3.8) is 0 Å². The topological polar surface area (TPSA) is 55.6 Å². The molecule has 0 radical (unpaired) electrons. The van der Waals surface area contributed by atoms with E-state index in [1.807, 2.05) is 10.9 Å². The summed E-state index contributed by atoms with van der Waals surface area (Å²) in [6.07, 6.45) is 4.57. The molecule has 0 amide bonds. The summed E-state index contributed by atoms with van der Waals surface area (Å²) in [5.41, 5.74) is 1.12. The molecule has 0 atom stereocenters. The fraction of sp³-hybridized carbons (Fsp3) is 0.417. The van der Waals surface area contributed by atoms with E-state index in [1.165, 1.54) is 0 Å². The lowest BCUT2D eigenvalue weighted by Gasteiger charge is -2.05. The molecule has 0 saturated carbocycles. The Morgan fingerprint density at radius 3 is 2.83 bits per heavy atom. The third-order valence-electron chi connectivity index (χ3n) is 2.60. The van der Waals surface area contributed by atoms with E-state index in [1.54, 1.807) is 20.2 Å². The maximum absolute atomic E-state index is 13.6. The number of nitrogens with one attached hydrogen (secondary N) is 1. The van der Waals surface area contributed by atoms with Gasteiger partial charge in [-0.25, -0.2) is 14.4 Å². The summed E-state index contributed by atoms with van der Waals surface area (Å²) >= 11 is 0. The van der Waals surface area contributed by atoms with Crippen molar-refractivity contribution in [3.8, 4) is 11.4 Å². The van der Waals surface area contributed by atoms with Crippen LogP contribution in [-0.4, -0.2) is 26.8 Å². The van der Waals surface area contributed by atoms with Crippen LogP contribution in [0.25, 0.3) is 11.4 Å². The van der Waals surface area contributed by atoms with Crippen molar-refractivity contribution in [2.75, 3.05) is 12.4 Å². The standard InChI is InChI=1S/C12H16FN5/c1-4-5-18-7-9(6-15-18)11-16-8(2)10(13)12(14-3)17-11/h6-7H,4-5H2,1-3H3,(H,14,16,17). The summed E-state index contributed by atoms with van der Waals surface area (Å²) in [5, 5.41) is 6.94. The van der Waals surface area contributed by atoms with Crippen LogP contribution in [0.5, 0.6) is 0 Å². The molecular weight excluding hydrogens is 233 g/mol. The molecule has 0 fully saturated rings. The van der Waals surface area contributed by atoms with Crippen molar-refractivity contribution in [2.45, 2.75) is 26.8 Å². The molecule has 6 heteroatoms. The molecule has 2 aromatic heterocycles. The normalized spacial score (nSPS) is 10.7. The Balaban J connectivity index is 2.40. The molecule has 18 heavy (non-hydrogen) atoms. The SMILES string of the molecule is CCCn1cc(-c2nc(C)c(F)c(NC)n2)cn1. The molecule has 2 aromatic rings. The molecule has 0 aliphatic rings. The van der Waals surface area contributed by atoms with E-state index in [4.69, 9.17) is 0 Å². The number of hydrogen-bond acceptors (Lipinski definition) is 4. The second-order valence-corrected chi connectivity index (χ2v) is 4.04. The van der Waals surface area contributed by atoms with Crippen LogP contribution in [-0.2, 0) is 6.54 Å². The van der Waals surface area contributed by atoms with Crippen molar-refractivity contribution in [1.82, 2.24) is 19.7 Å². The lowest BCUT2D eigenvalue weighted by atomic mass is 10.3. The highest BCUT2D eigenvalue weighted by Gasteiger charge is 2.12. The van der Waals surface area contributed by atoms with Gasteiger partial charge in [-0.2, -0.15) is 5.10 Å². The van der Waals surface area contributed by atoms with E-state index in [2.05, 4.69) is 27.3 Å². The molecule has 1 N–H and O–H groups in total. The third-order valence-corrected chi connectivity index (χ3v) is 2.60. The van der Waals surface area contributed by atoms with Crippen molar-refractivity contribution in [1.29, 1.82) is 0 Å². The summed E-state index contributed by atoms with van der Waals surface area (Å²) in [6.45, 7) is 4.55. The van der Waals surface area contributed by atoms with E-state index in [9.17, 15) is 4.39 Å². The molecule has 2 heterocycles. The van der Waals surface area contributed by atoms with Gasteiger partial charge in [0.25, 0.3) is 0 Å². The first-order valence-corrected chi connectivity index (χ1v) is 5.90. The highest BCUT2D eigenvalue weighted by atomic mass is 19.1. The molecule has 96 valence electrons. The molecular formula is C12H16FN5. The van der Waals surface area contributed by atoms with Crippen LogP contribution in [0.3, 0.4) is 0 Å². The van der Waals surface area contributed by atoms with E-state index in [0.717, 1.165) is 18.5 Å². The van der Waals surface area contributed by atoms with Gasteiger partial charge in [0.15, 0.2) is 17.5 Å². The molecule has 0 spiro atoms. The molecule has 2 rings (SSSR count). The molecule has 0 aliphatic carbocycles. The Bertz CT molecular complexity index is 549. The number of aryl methyl sites for hydroxylation is 2. The van der Waals surface area contributed by atoms with Crippen LogP contribution >= 0.6 is 0 Å². The minimum Gasteiger partial charge on any atom is -0.371 e. The number of aromatic nitrogens is 4. The number of halogens is 1. The van der Waals surface area contributed by atoms with Gasteiger partial charge in [-0.1, -0.05) is 6.92 Å². The average molecular weight is 249 g/mol. The number of anilines is 1. The zero-order valence-electron chi connectivity index (χ0n) is 10.7. The molecule has 0 unspecified atom stereocenters. The van der Waals surface area contributed by atoms with Gasteiger partial charge in [0.2, 0.25) is 0 Å². The van der Waals surface area contributed by atoms with Crippen LogP contribution < -0.4 is 5.32 Å².